The third-order valence-corrected chi connectivity index (χ3v) is 2.15. The number of nitrogens with zero attached hydrogens (tertiary/aromatic N) is 1. The predicted molar refractivity (Wildman–Crippen MR) is 48.8 cm³/mol. The van der Waals surface area contributed by atoms with Crippen LogP contribution in [0, 0.1) is 6.07 Å². The van der Waals surface area contributed by atoms with E-state index in [1.54, 1.807) is 31.0 Å². The van der Waals surface area contributed by atoms with Gasteiger partial charge < -0.3 is 9.64 Å². The van der Waals surface area contributed by atoms with Gasteiger partial charge in [-0.15, -0.1) is 0 Å². The fourth-order valence-electron chi connectivity index (χ4n) is 1.40. The molecule has 67 valence electrons. The van der Waals surface area contributed by atoms with Gasteiger partial charge in [0.25, 0.3) is 5.91 Å². The van der Waals surface area contributed by atoms with Gasteiger partial charge in [0.05, 0.1) is 5.69 Å². The minimum Gasteiger partial charge on any atom is -0.479 e. The van der Waals surface area contributed by atoms with Crippen LogP contribution < -0.4 is 9.64 Å². The van der Waals surface area contributed by atoms with Gasteiger partial charge in [-0.25, -0.2) is 0 Å². The van der Waals surface area contributed by atoms with E-state index >= 15 is 0 Å². The van der Waals surface area contributed by atoms with Gasteiger partial charge in [0.15, 0.2) is 6.10 Å². The molecule has 1 heterocycles. The highest BCUT2D eigenvalue weighted by Gasteiger charge is 2.27. The number of anilines is 1. The van der Waals surface area contributed by atoms with Crippen molar-refractivity contribution in [3.05, 3.63) is 24.3 Å². The largest absolute Gasteiger partial charge is 0.479 e. The number of benzene rings is 1. The first-order valence-electron chi connectivity index (χ1n) is 4.14. The van der Waals surface area contributed by atoms with Crippen molar-refractivity contribution in [2.75, 3.05) is 11.9 Å². The summed E-state index contributed by atoms with van der Waals surface area (Å²) in [4.78, 5) is 13.1. The first-order chi connectivity index (χ1) is 6.20. The molecule has 0 spiro atoms. The molecule has 0 N–H and O–H groups in total. The Labute approximate surface area is 76.9 Å². The normalized spacial score (nSPS) is 20.9. The quantitative estimate of drug-likeness (QED) is 0.595. The Balaban J connectivity index is 2.49. The Kier molecular flexibility index (Phi) is 1.72. The van der Waals surface area contributed by atoms with E-state index in [1.807, 2.05) is 6.07 Å². The van der Waals surface area contributed by atoms with Crippen LogP contribution in [0.3, 0.4) is 0 Å². The van der Waals surface area contributed by atoms with Crippen molar-refractivity contribution in [2.45, 2.75) is 13.0 Å². The molecular formula is C10H10NO2. The summed E-state index contributed by atoms with van der Waals surface area (Å²) in [6.45, 7) is 1.75. The summed E-state index contributed by atoms with van der Waals surface area (Å²) in [5, 5.41) is 0. The van der Waals surface area contributed by atoms with Crippen molar-refractivity contribution in [3.8, 4) is 5.75 Å². The van der Waals surface area contributed by atoms with E-state index in [9.17, 15) is 4.79 Å². The number of carbonyl (C=O) groups excluding carboxylic acids is 1. The van der Waals surface area contributed by atoms with E-state index in [0.717, 1.165) is 11.4 Å². The van der Waals surface area contributed by atoms with E-state index in [2.05, 4.69) is 6.07 Å². The summed E-state index contributed by atoms with van der Waals surface area (Å²) in [6, 6.07) is 8.25. The van der Waals surface area contributed by atoms with Crippen LogP contribution in [0.2, 0.25) is 0 Å². The fourth-order valence-corrected chi connectivity index (χ4v) is 1.40. The van der Waals surface area contributed by atoms with Crippen molar-refractivity contribution in [2.24, 2.45) is 0 Å². The monoisotopic (exact) mass is 176 g/mol. The van der Waals surface area contributed by atoms with E-state index in [0.29, 0.717) is 0 Å². The summed E-state index contributed by atoms with van der Waals surface area (Å²) in [6.07, 6.45) is -0.389. The number of likely N-dealkylation sites (N-methyl/N-ethyl adjacent to an activating group) is 1. The van der Waals surface area contributed by atoms with Crippen molar-refractivity contribution in [1.82, 2.24) is 0 Å². The maximum absolute atomic E-state index is 11.5. The van der Waals surface area contributed by atoms with Gasteiger partial charge in [-0.2, -0.15) is 0 Å². The van der Waals surface area contributed by atoms with Gasteiger partial charge in [0.1, 0.15) is 5.75 Å². The van der Waals surface area contributed by atoms with Gasteiger partial charge in [0, 0.05) is 7.05 Å². The maximum Gasteiger partial charge on any atom is 0.267 e. The molecule has 0 aliphatic carbocycles. The Bertz CT molecular complexity index is 349. The van der Waals surface area contributed by atoms with E-state index in [4.69, 9.17) is 4.74 Å². The van der Waals surface area contributed by atoms with Crippen LogP contribution in [-0.2, 0) is 4.79 Å². The molecule has 0 saturated carbocycles. The minimum atomic E-state index is -0.389. The molecule has 1 unspecified atom stereocenters. The van der Waals surface area contributed by atoms with Gasteiger partial charge in [-0.3, -0.25) is 4.79 Å². The zero-order chi connectivity index (χ0) is 9.42. The molecule has 0 fully saturated rings. The van der Waals surface area contributed by atoms with E-state index in [1.165, 1.54) is 0 Å². The molecule has 13 heavy (non-hydrogen) atoms. The number of fused-ring (bicyclic) bond motifs is 1. The second kappa shape index (κ2) is 2.76. The maximum atomic E-state index is 11.5. The molecule has 0 bridgehead atoms. The molecule has 3 nitrogen and oxygen atoms in total. The van der Waals surface area contributed by atoms with Gasteiger partial charge in [0.2, 0.25) is 0 Å². The van der Waals surface area contributed by atoms with E-state index in [-0.39, 0.29) is 12.0 Å². The van der Waals surface area contributed by atoms with Crippen LogP contribution in [0.5, 0.6) is 5.75 Å². The van der Waals surface area contributed by atoms with Crippen LogP contribution in [-0.4, -0.2) is 19.1 Å². The molecule has 1 aliphatic heterocycles. The van der Waals surface area contributed by atoms with Crippen molar-refractivity contribution in [1.29, 1.82) is 0 Å². The average molecular weight is 176 g/mol. The summed E-state index contributed by atoms with van der Waals surface area (Å²) < 4.78 is 5.40. The first kappa shape index (κ1) is 8.10. The van der Waals surface area contributed by atoms with Crippen LogP contribution in [0.4, 0.5) is 5.69 Å². The molecule has 0 saturated heterocycles. The van der Waals surface area contributed by atoms with Gasteiger partial charge in [-0.1, -0.05) is 6.07 Å². The second-order valence-electron chi connectivity index (χ2n) is 3.05. The lowest BCUT2D eigenvalue weighted by Crippen LogP contribution is -2.41. The lowest BCUT2D eigenvalue weighted by Gasteiger charge is -2.29. The summed E-state index contributed by atoms with van der Waals surface area (Å²) in [5.74, 6) is 0.723. The predicted octanol–water partition coefficient (Wildman–Crippen LogP) is 1.23. The molecule has 1 aromatic rings. The SMILES string of the molecule is CC1Oc2cc[c]cc2N(C)C1=O. The van der Waals surface area contributed by atoms with Gasteiger partial charge >= 0.3 is 0 Å². The Morgan fingerprint density at radius 2 is 2.38 bits per heavy atom. The smallest absolute Gasteiger partial charge is 0.267 e. The Morgan fingerprint density at radius 3 is 3.15 bits per heavy atom. The standard InChI is InChI=1S/C10H10NO2/c1-7-10(12)11(2)8-5-3-4-6-9(8)13-7/h4-7H,1-2H3. The molecule has 1 aromatic carbocycles. The number of hydrogen-bond donors (Lipinski definition) is 0. The first-order valence-corrected chi connectivity index (χ1v) is 4.14. The van der Waals surface area contributed by atoms with E-state index < -0.39 is 0 Å². The average Bonchev–Trinajstić information content (AvgIpc) is 2.15. The van der Waals surface area contributed by atoms with Crippen LogP contribution in [0.1, 0.15) is 6.92 Å². The number of hydrogen-bond acceptors (Lipinski definition) is 2. The van der Waals surface area contributed by atoms with Crippen LogP contribution in [0.15, 0.2) is 18.2 Å². The molecule has 3 heteroatoms. The molecule has 2 rings (SSSR count). The zero-order valence-corrected chi connectivity index (χ0v) is 7.57. The fraction of sp³-hybridized carbons (Fsp3) is 0.300. The van der Waals surface area contributed by atoms with Crippen molar-refractivity contribution < 1.29 is 9.53 Å². The number of ether oxygens (including phenoxy) is 1. The molecule has 0 aromatic heterocycles. The Hall–Kier alpha value is -1.51. The summed E-state index contributed by atoms with van der Waals surface area (Å²) in [7, 11) is 1.74. The summed E-state index contributed by atoms with van der Waals surface area (Å²) in [5.41, 5.74) is 0.783. The topological polar surface area (TPSA) is 29.5 Å². The molecule has 1 atom stereocenters. The highest BCUT2D eigenvalue weighted by atomic mass is 16.5. The Morgan fingerprint density at radius 1 is 1.62 bits per heavy atom. The van der Waals surface area contributed by atoms with Crippen molar-refractivity contribution >= 4 is 11.6 Å². The highest BCUT2D eigenvalue weighted by Crippen LogP contribution is 2.31. The molecule has 1 radical (unpaired) electrons. The highest BCUT2D eigenvalue weighted by molar-refractivity contribution is 5.99. The molecule has 1 aliphatic rings. The number of carbonyl (C=O) groups is 1. The lowest BCUT2D eigenvalue weighted by atomic mass is 10.2. The minimum absolute atomic E-state index is 0.0212. The molecular weight excluding hydrogens is 166 g/mol. The van der Waals surface area contributed by atoms with Crippen LogP contribution >= 0.6 is 0 Å². The summed E-state index contributed by atoms with van der Waals surface area (Å²) >= 11 is 0. The van der Waals surface area contributed by atoms with Crippen LogP contribution in [0.25, 0.3) is 0 Å². The lowest BCUT2D eigenvalue weighted by molar-refractivity contribution is -0.125. The number of amides is 1. The third kappa shape index (κ3) is 1.16. The third-order valence-electron chi connectivity index (χ3n) is 2.15. The second-order valence-corrected chi connectivity index (χ2v) is 3.05. The zero-order valence-electron chi connectivity index (χ0n) is 7.57. The van der Waals surface area contributed by atoms with Gasteiger partial charge in [-0.05, 0) is 25.1 Å². The number of rotatable bonds is 0. The van der Waals surface area contributed by atoms with Crippen molar-refractivity contribution in [3.63, 3.8) is 0 Å². The molecule has 1 amide bonds.